The van der Waals surface area contributed by atoms with E-state index in [4.69, 9.17) is 0 Å². The molecule has 0 radical (unpaired) electrons. The molecule has 2 heterocycles. The number of H-pyrrole nitrogens is 1. The minimum Gasteiger partial charge on any atom is -0.344 e. The van der Waals surface area contributed by atoms with Crippen LogP contribution in [-0.4, -0.2) is 63.1 Å². The number of carbonyl (C=O) groups is 1. The highest BCUT2D eigenvalue weighted by Gasteiger charge is 2.39. The summed E-state index contributed by atoms with van der Waals surface area (Å²) in [5.41, 5.74) is 0.213. The first kappa shape index (κ1) is 18.4. The number of nitrogens with zero attached hydrogens (tertiary/aromatic N) is 4. The number of likely N-dealkylation sites (tertiary alicyclic amines) is 1. The fourth-order valence-corrected chi connectivity index (χ4v) is 4.59. The molecular weight excluding hydrogens is 314 g/mol. The van der Waals surface area contributed by atoms with Gasteiger partial charge in [-0.25, -0.2) is 4.98 Å². The van der Waals surface area contributed by atoms with Crippen LogP contribution in [0.5, 0.6) is 0 Å². The molecule has 1 aromatic rings. The van der Waals surface area contributed by atoms with E-state index >= 15 is 0 Å². The van der Waals surface area contributed by atoms with Gasteiger partial charge in [-0.15, -0.1) is 0 Å². The van der Waals surface area contributed by atoms with Crippen LogP contribution < -0.4 is 0 Å². The van der Waals surface area contributed by atoms with E-state index in [1.165, 1.54) is 64.5 Å². The number of rotatable bonds is 6. The monoisotopic (exact) mass is 347 g/mol. The van der Waals surface area contributed by atoms with Crippen molar-refractivity contribution in [3.63, 3.8) is 0 Å². The summed E-state index contributed by atoms with van der Waals surface area (Å²) in [4.78, 5) is 21.6. The van der Waals surface area contributed by atoms with E-state index in [-0.39, 0.29) is 11.4 Å². The molecule has 0 unspecified atom stereocenters. The van der Waals surface area contributed by atoms with Crippen molar-refractivity contribution >= 4 is 5.91 Å². The van der Waals surface area contributed by atoms with Crippen LogP contribution in [0.1, 0.15) is 69.4 Å². The molecule has 1 saturated heterocycles. The number of aryl methyl sites for hydroxylation is 2. The molecule has 1 aliphatic heterocycles. The predicted octanol–water partition coefficient (Wildman–Crippen LogP) is 2.69. The highest BCUT2D eigenvalue weighted by Crippen LogP contribution is 2.36. The SMILES string of the molecule is Cc1nc(CCC(=O)N(C)CC2(N3CCCCC3)CCCCC2)n[nH]1. The number of likely N-dealkylation sites (N-methyl/N-ethyl adjacent to an activating group) is 1. The molecule has 6 heteroatoms. The number of carbonyl (C=O) groups excluding carboxylic acids is 1. The summed E-state index contributed by atoms with van der Waals surface area (Å²) in [6, 6.07) is 0. The molecule has 2 fully saturated rings. The lowest BCUT2D eigenvalue weighted by Crippen LogP contribution is -2.58. The second kappa shape index (κ2) is 8.30. The van der Waals surface area contributed by atoms with Crippen LogP contribution in [-0.2, 0) is 11.2 Å². The quantitative estimate of drug-likeness (QED) is 0.859. The normalized spacial score (nSPS) is 21.2. The van der Waals surface area contributed by atoms with E-state index in [0.29, 0.717) is 12.8 Å². The van der Waals surface area contributed by atoms with Crippen LogP contribution in [0.15, 0.2) is 0 Å². The topological polar surface area (TPSA) is 65.1 Å². The van der Waals surface area contributed by atoms with Crippen LogP contribution in [0.2, 0.25) is 0 Å². The minimum atomic E-state index is 0.212. The molecule has 1 aliphatic carbocycles. The molecule has 1 aromatic heterocycles. The fraction of sp³-hybridized carbons (Fsp3) is 0.842. The minimum absolute atomic E-state index is 0.212. The third kappa shape index (κ3) is 4.60. The summed E-state index contributed by atoms with van der Waals surface area (Å²) in [6.07, 6.45) is 11.5. The highest BCUT2D eigenvalue weighted by molar-refractivity contribution is 5.76. The van der Waals surface area contributed by atoms with E-state index < -0.39 is 0 Å². The highest BCUT2D eigenvalue weighted by atomic mass is 16.2. The molecule has 25 heavy (non-hydrogen) atoms. The fourth-order valence-electron chi connectivity index (χ4n) is 4.59. The average molecular weight is 348 g/mol. The molecule has 3 rings (SSSR count). The Morgan fingerprint density at radius 1 is 1.16 bits per heavy atom. The molecule has 2 aliphatic rings. The first-order valence-corrected chi connectivity index (χ1v) is 9.96. The van der Waals surface area contributed by atoms with Crippen molar-refractivity contribution in [2.45, 2.75) is 76.7 Å². The van der Waals surface area contributed by atoms with Gasteiger partial charge in [-0.2, -0.15) is 5.10 Å². The Kier molecular flexibility index (Phi) is 6.10. The zero-order chi connectivity index (χ0) is 17.7. The maximum absolute atomic E-state index is 12.7. The second-order valence-electron chi connectivity index (χ2n) is 7.92. The molecule has 1 N–H and O–H groups in total. The van der Waals surface area contributed by atoms with Crippen molar-refractivity contribution in [1.29, 1.82) is 0 Å². The van der Waals surface area contributed by atoms with Crippen LogP contribution in [0.4, 0.5) is 0 Å². The van der Waals surface area contributed by atoms with Crippen molar-refractivity contribution in [2.24, 2.45) is 0 Å². The molecule has 0 bridgehead atoms. The predicted molar refractivity (Wildman–Crippen MR) is 98.3 cm³/mol. The number of amides is 1. The van der Waals surface area contributed by atoms with Crippen LogP contribution in [0, 0.1) is 6.92 Å². The summed E-state index contributed by atoms with van der Waals surface area (Å²) in [6.45, 7) is 5.17. The van der Waals surface area contributed by atoms with E-state index in [1.54, 1.807) is 0 Å². The van der Waals surface area contributed by atoms with E-state index in [1.807, 2.05) is 18.9 Å². The molecule has 6 nitrogen and oxygen atoms in total. The van der Waals surface area contributed by atoms with Gasteiger partial charge >= 0.3 is 0 Å². The molecule has 140 valence electrons. The van der Waals surface area contributed by atoms with Gasteiger partial charge < -0.3 is 4.90 Å². The smallest absolute Gasteiger partial charge is 0.222 e. The third-order valence-corrected chi connectivity index (χ3v) is 5.97. The standard InChI is InChI=1S/C19H33N5O/c1-16-20-17(22-21-16)9-10-18(25)23(2)15-19(11-5-3-6-12-19)24-13-7-4-8-14-24/h3-15H2,1-2H3,(H,20,21,22). The Hall–Kier alpha value is -1.43. The van der Waals surface area contributed by atoms with Crippen molar-refractivity contribution < 1.29 is 4.79 Å². The lowest BCUT2D eigenvalue weighted by Gasteiger charge is -2.50. The van der Waals surface area contributed by atoms with Crippen LogP contribution in [0.3, 0.4) is 0 Å². The number of hydrogen-bond donors (Lipinski definition) is 1. The van der Waals surface area contributed by atoms with Gasteiger partial charge in [-0.1, -0.05) is 25.7 Å². The zero-order valence-electron chi connectivity index (χ0n) is 15.9. The number of nitrogens with one attached hydrogen (secondary N) is 1. The van der Waals surface area contributed by atoms with Crippen molar-refractivity contribution in [3.05, 3.63) is 11.6 Å². The Morgan fingerprint density at radius 3 is 2.48 bits per heavy atom. The van der Waals surface area contributed by atoms with Gasteiger partial charge in [-0.3, -0.25) is 14.8 Å². The number of aromatic nitrogens is 3. The molecule has 0 spiro atoms. The van der Waals surface area contributed by atoms with Crippen molar-refractivity contribution in [2.75, 3.05) is 26.7 Å². The Labute approximate surface area is 151 Å². The molecule has 1 saturated carbocycles. The first-order chi connectivity index (χ1) is 12.1. The first-order valence-electron chi connectivity index (χ1n) is 9.96. The summed E-state index contributed by atoms with van der Waals surface area (Å²) in [7, 11) is 1.98. The average Bonchev–Trinajstić information content (AvgIpc) is 3.06. The van der Waals surface area contributed by atoms with Crippen LogP contribution >= 0.6 is 0 Å². The molecule has 0 aromatic carbocycles. The summed E-state index contributed by atoms with van der Waals surface area (Å²) < 4.78 is 0. The van der Waals surface area contributed by atoms with Gasteiger partial charge in [0, 0.05) is 32.0 Å². The molecular formula is C19H33N5O. The van der Waals surface area contributed by atoms with Gasteiger partial charge in [0.2, 0.25) is 5.91 Å². The van der Waals surface area contributed by atoms with Crippen molar-refractivity contribution in [3.8, 4) is 0 Å². The van der Waals surface area contributed by atoms with Gasteiger partial charge in [0.1, 0.15) is 5.82 Å². The summed E-state index contributed by atoms with van der Waals surface area (Å²) in [5, 5.41) is 6.98. The van der Waals surface area contributed by atoms with Gasteiger partial charge in [-0.05, 0) is 45.7 Å². The van der Waals surface area contributed by atoms with E-state index in [9.17, 15) is 4.79 Å². The number of aromatic amines is 1. The lowest BCUT2D eigenvalue weighted by molar-refractivity contribution is -0.132. The largest absolute Gasteiger partial charge is 0.344 e. The van der Waals surface area contributed by atoms with E-state index in [0.717, 1.165) is 18.2 Å². The van der Waals surface area contributed by atoms with Gasteiger partial charge in [0.15, 0.2) is 5.82 Å². The maximum atomic E-state index is 12.7. The Morgan fingerprint density at radius 2 is 1.84 bits per heavy atom. The zero-order valence-corrected chi connectivity index (χ0v) is 15.9. The molecule has 1 amide bonds. The molecule has 0 atom stereocenters. The number of hydrogen-bond acceptors (Lipinski definition) is 4. The maximum Gasteiger partial charge on any atom is 0.222 e. The Bertz CT molecular complexity index is 558. The van der Waals surface area contributed by atoms with Gasteiger partial charge in [0.25, 0.3) is 0 Å². The lowest BCUT2D eigenvalue weighted by atomic mass is 9.78. The third-order valence-electron chi connectivity index (χ3n) is 5.97. The summed E-state index contributed by atoms with van der Waals surface area (Å²) in [5.74, 6) is 1.76. The second-order valence-corrected chi connectivity index (χ2v) is 7.92. The summed E-state index contributed by atoms with van der Waals surface area (Å²) >= 11 is 0. The van der Waals surface area contributed by atoms with Crippen LogP contribution in [0.25, 0.3) is 0 Å². The van der Waals surface area contributed by atoms with Gasteiger partial charge in [0.05, 0.1) is 0 Å². The Balaban J connectivity index is 1.58. The van der Waals surface area contributed by atoms with E-state index in [2.05, 4.69) is 20.1 Å². The number of piperidine rings is 1. The van der Waals surface area contributed by atoms with Crippen molar-refractivity contribution in [1.82, 2.24) is 25.0 Å².